The maximum Gasteiger partial charge on any atom is 0.305 e. The van der Waals surface area contributed by atoms with Gasteiger partial charge in [0.2, 0.25) is 11.9 Å². The van der Waals surface area contributed by atoms with Gasteiger partial charge in [-0.2, -0.15) is 27.5 Å². The van der Waals surface area contributed by atoms with Gasteiger partial charge in [-0.05, 0) is 114 Å². The molecule has 2 unspecified atom stereocenters. The Morgan fingerprint density at radius 1 is 0.661 bits per heavy atom. The number of aromatic nitrogens is 4. The van der Waals surface area contributed by atoms with Gasteiger partial charge in [-0.3, -0.25) is 9.59 Å². The third kappa shape index (κ3) is 7.67. The first kappa shape index (κ1) is 40.4. The molecule has 2 aromatic heterocycles. The lowest BCUT2D eigenvalue weighted by atomic mass is 9.92. The predicted molar refractivity (Wildman–Crippen MR) is 213 cm³/mol. The topological polar surface area (TPSA) is 128 Å². The van der Waals surface area contributed by atoms with Crippen LogP contribution in [0.15, 0.2) is 0 Å². The van der Waals surface area contributed by atoms with Crippen LogP contribution in [0.4, 0.5) is 41.1 Å². The van der Waals surface area contributed by atoms with Gasteiger partial charge in [-0.1, -0.05) is 0 Å². The summed E-state index contributed by atoms with van der Waals surface area (Å²) in [7, 11) is 1.42. The summed E-state index contributed by atoms with van der Waals surface area (Å²) in [6.45, 7) is 8.84. The first-order chi connectivity index (χ1) is 28.2. The third-order valence-electron chi connectivity index (χ3n) is 15.0. The number of hydrogen-bond acceptors (Lipinski definition) is 11. The van der Waals surface area contributed by atoms with Crippen molar-refractivity contribution in [1.29, 1.82) is 0 Å². The molecule has 2 aromatic rings. The number of fused-ring (bicyclic) bond motifs is 4. The summed E-state index contributed by atoms with van der Waals surface area (Å²) in [4.78, 5) is 49.7. The number of methoxy groups -OCH3 is 1. The Kier molecular flexibility index (Phi) is 10.6. The number of hydrogen-bond donors (Lipinski definition) is 1. The second kappa shape index (κ2) is 15.5. The van der Waals surface area contributed by atoms with Crippen LogP contribution in [-0.2, 0) is 39.0 Å². The van der Waals surface area contributed by atoms with Crippen molar-refractivity contribution in [3.05, 3.63) is 22.5 Å². The maximum absolute atomic E-state index is 14.9. The van der Waals surface area contributed by atoms with E-state index in [4.69, 9.17) is 19.8 Å². The van der Waals surface area contributed by atoms with E-state index in [0.717, 1.165) is 64.7 Å². The van der Waals surface area contributed by atoms with Gasteiger partial charge in [0.25, 0.3) is 11.8 Å². The average Bonchev–Trinajstić information content (AvgIpc) is 3.81. The van der Waals surface area contributed by atoms with Crippen molar-refractivity contribution in [2.24, 2.45) is 35.5 Å². The second-order valence-corrected chi connectivity index (χ2v) is 18.7. The zero-order valence-corrected chi connectivity index (χ0v) is 34.5. The molecule has 322 valence electrons. The molecule has 59 heavy (non-hydrogen) atoms. The molecule has 0 aromatic carbocycles. The Bertz CT molecular complexity index is 1930. The van der Waals surface area contributed by atoms with Crippen molar-refractivity contribution in [2.45, 2.75) is 128 Å². The number of anilines is 4. The Balaban J connectivity index is 0.000000152. The van der Waals surface area contributed by atoms with Gasteiger partial charge in [-0.15, -0.1) is 0 Å². The van der Waals surface area contributed by atoms with Crippen LogP contribution in [-0.4, -0.2) is 95.4 Å². The molecule has 12 nitrogen and oxygen atoms in total. The van der Waals surface area contributed by atoms with Crippen LogP contribution in [0.2, 0.25) is 0 Å². The van der Waals surface area contributed by atoms with E-state index in [-0.39, 0.29) is 54.6 Å². The molecule has 8 atom stereocenters. The summed E-state index contributed by atoms with van der Waals surface area (Å²) in [5.41, 5.74) is 1.10. The first-order valence-electron chi connectivity index (χ1n) is 22.1. The summed E-state index contributed by atoms with van der Waals surface area (Å²) >= 11 is 0. The fourth-order valence-electron chi connectivity index (χ4n) is 11.5. The Morgan fingerprint density at radius 2 is 1.08 bits per heavy atom. The van der Waals surface area contributed by atoms with E-state index < -0.39 is 17.8 Å². The lowest BCUT2D eigenvalue weighted by molar-refractivity contribution is -0.141. The number of carboxylic acids is 1. The molecule has 10 rings (SSSR count). The second-order valence-electron chi connectivity index (χ2n) is 18.7. The number of carboxylic acid groups (broad SMARTS) is 1. The molecule has 0 spiro atoms. The zero-order valence-electron chi connectivity index (χ0n) is 34.5. The summed E-state index contributed by atoms with van der Waals surface area (Å²) in [5.74, 6) is -2.32. The van der Waals surface area contributed by atoms with Crippen molar-refractivity contribution in [3.63, 3.8) is 0 Å². The first-order valence-corrected chi connectivity index (χ1v) is 22.1. The average molecular weight is 827 g/mol. The summed E-state index contributed by atoms with van der Waals surface area (Å²) < 4.78 is 64.1. The van der Waals surface area contributed by atoms with E-state index in [9.17, 15) is 27.2 Å². The number of carbonyl (C=O) groups is 2. The van der Waals surface area contributed by atoms with Gasteiger partial charge >= 0.3 is 11.9 Å². The smallest absolute Gasteiger partial charge is 0.305 e. The van der Waals surface area contributed by atoms with Crippen LogP contribution in [0.25, 0.3) is 0 Å². The molecule has 6 fully saturated rings. The molecule has 6 heterocycles. The number of rotatable bonds is 8. The molecule has 4 aliphatic carbocycles. The van der Waals surface area contributed by atoms with Crippen LogP contribution in [0.5, 0.6) is 0 Å². The highest BCUT2D eigenvalue weighted by Crippen LogP contribution is 2.56. The van der Waals surface area contributed by atoms with Crippen molar-refractivity contribution < 1.29 is 37.0 Å². The van der Waals surface area contributed by atoms with Gasteiger partial charge in [0.15, 0.2) is 0 Å². The van der Waals surface area contributed by atoms with Crippen molar-refractivity contribution in [2.75, 3.05) is 66.0 Å². The SMILES string of the molecule is COC(=O)CC1[C@H]2CN(c3nc(N4CCCC[C@@H]4C)nc4c3CCCC4(F)F)C[C@@H]12.C[C@H]1CCCCN1c1nc(N2C[C@@H]3C(CC(=O)O)[C@@H]3C2)c2c(n1)C(F)(F)CCC2. The minimum atomic E-state index is -2.91. The highest BCUT2D eigenvalue weighted by Gasteiger charge is 2.58. The Labute approximate surface area is 343 Å². The predicted octanol–water partition coefficient (Wildman–Crippen LogP) is 6.97. The monoisotopic (exact) mass is 826 g/mol. The van der Waals surface area contributed by atoms with Crippen LogP contribution in [0, 0.1) is 35.5 Å². The standard InChI is InChI=1S/C22H30F2N4O2.C21H28F2N4O2/c1-13-6-3-4-9-28(13)21-25-19-14(7-5-8-22(19,23)24)20(26-21)27-11-16-15(17(16)12-27)10-18(29)30-2;1-12-5-2-3-8-27(12)20-24-18-13(6-4-7-21(18,22)23)19(25-20)26-10-15-14(9-17(28)29)16(15)11-26/h13,15-17H,3-12H2,1-2H3;12,14-16H,2-11H2,1H3,(H,28,29)/t13-,15?,16-,17+;12-,14?,15-,16+/m00/s1. The van der Waals surface area contributed by atoms with Crippen LogP contribution in [0.1, 0.15) is 113 Å². The van der Waals surface area contributed by atoms with Gasteiger partial charge in [-0.25, -0.2) is 9.97 Å². The minimum absolute atomic E-state index is 0.0572. The molecule has 16 heteroatoms. The Hall–Kier alpha value is -3.98. The van der Waals surface area contributed by atoms with E-state index in [1.165, 1.54) is 7.11 Å². The molecule has 4 aliphatic heterocycles. The van der Waals surface area contributed by atoms with E-state index in [2.05, 4.69) is 43.4 Å². The molecule has 2 saturated carbocycles. The summed E-state index contributed by atoms with van der Waals surface area (Å²) in [6, 6.07) is 0.511. The van der Waals surface area contributed by atoms with E-state index >= 15 is 0 Å². The van der Waals surface area contributed by atoms with Crippen LogP contribution >= 0.6 is 0 Å². The number of esters is 1. The zero-order chi connectivity index (χ0) is 41.4. The normalized spacial score (nSPS) is 32.3. The van der Waals surface area contributed by atoms with E-state index in [1.807, 2.05) is 0 Å². The maximum atomic E-state index is 14.9. The Morgan fingerprint density at radius 3 is 1.47 bits per heavy atom. The number of carbonyl (C=O) groups excluding carboxylic acids is 1. The minimum Gasteiger partial charge on any atom is -0.481 e. The van der Waals surface area contributed by atoms with Gasteiger partial charge in [0.1, 0.15) is 23.0 Å². The third-order valence-corrected chi connectivity index (χ3v) is 15.0. The quantitative estimate of drug-likeness (QED) is 0.218. The highest BCUT2D eigenvalue weighted by molar-refractivity contribution is 5.70. The van der Waals surface area contributed by atoms with Crippen molar-refractivity contribution >= 4 is 35.5 Å². The number of aliphatic carboxylic acids is 1. The van der Waals surface area contributed by atoms with Crippen molar-refractivity contribution in [3.8, 4) is 0 Å². The van der Waals surface area contributed by atoms with E-state index in [1.54, 1.807) is 0 Å². The number of nitrogens with zero attached hydrogens (tertiary/aromatic N) is 8. The highest BCUT2D eigenvalue weighted by atomic mass is 19.3. The molecule has 0 bridgehead atoms. The number of ether oxygens (including phenoxy) is 1. The fourth-order valence-corrected chi connectivity index (χ4v) is 11.5. The number of halogens is 4. The van der Waals surface area contributed by atoms with Crippen molar-refractivity contribution in [1.82, 2.24) is 19.9 Å². The van der Waals surface area contributed by atoms with Gasteiger partial charge in [0.05, 0.1) is 7.11 Å². The molecule has 8 aliphatic rings. The van der Waals surface area contributed by atoms with Gasteiger partial charge < -0.3 is 29.4 Å². The fraction of sp³-hybridized carbons (Fsp3) is 0.767. The molecule has 0 radical (unpaired) electrons. The van der Waals surface area contributed by atoms with E-state index in [0.29, 0.717) is 109 Å². The summed E-state index contributed by atoms with van der Waals surface area (Å²) in [6.07, 6.45) is 8.89. The number of piperidine rings is 4. The molecule has 0 amide bonds. The molecule has 1 N–H and O–H groups in total. The number of alkyl halides is 4. The van der Waals surface area contributed by atoms with Crippen LogP contribution < -0.4 is 19.6 Å². The lowest BCUT2D eigenvalue weighted by Crippen LogP contribution is -2.40. The molecule has 4 saturated heterocycles. The molecular formula is C43H58F4N8O4. The largest absolute Gasteiger partial charge is 0.481 e. The summed E-state index contributed by atoms with van der Waals surface area (Å²) in [5, 5.41) is 9.06. The molecular weight excluding hydrogens is 769 g/mol. The van der Waals surface area contributed by atoms with Crippen LogP contribution in [0.3, 0.4) is 0 Å². The lowest BCUT2D eigenvalue weighted by Gasteiger charge is -2.36. The van der Waals surface area contributed by atoms with Gasteiger partial charge in [0, 0.05) is 88.2 Å².